The lowest BCUT2D eigenvalue weighted by Gasteiger charge is -2.28. The molecule has 0 aliphatic carbocycles. The largest absolute Gasteiger partial charge is 0.389 e. The molecule has 2 atom stereocenters. The van der Waals surface area contributed by atoms with Gasteiger partial charge in [0.1, 0.15) is 10.8 Å². The van der Waals surface area contributed by atoms with Crippen molar-refractivity contribution < 1.29 is 4.39 Å². The van der Waals surface area contributed by atoms with E-state index in [2.05, 4.69) is 18.7 Å². The number of nitrogens with zero attached hydrogens (tertiary/aromatic N) is 1. The van der Waals surface area contributed by atoms with E-state index >= 15 is 0 Å². The summed E-state index contributed by atoms with van der Waals surface area (Å²) in [6.45, 7) is 5.26. The molecular formula is C15H21FN2S. The summed E-state index contributed by atoms with van der Waals surface area (Å²) in [5.74, 6) is -0.284. The average molecular weight is 280 g/mol. The van der Waals surface area contributed by atoms with E-state index in [1.165, 1.54) is 25.0 Å². The first-order valence-electron chi connectivity index (χ1n) is 6.87. The van der Waals surface area contributed by atoms with Gasteiger partial charge < -0.3 is 5.73 Å². The Bertz CT molecular complexity index is 475. The molecule has 2 rings (SSSR count). The molecule has 1 fully saturated rings. The minimum absolute atomic E-state index is 0.273. The molecule has 2 N–H and O–H groups in total. The van der Waals surface area contributed by atoms with E-state index in [0.717, 1.165) is 18.5 Å². The molecule has 1 saturated heterocycles. The van der Waals surface area contributed by atoms with Crippen molar-refractivity contribution in [1.82, 2.24) is 4.90 Å². The Labute approximate surface area is 119 Å². The van der Waals surface area contributed by atoms with Gasteiger partial charge in [-0.3, -0.25) is 4.90 Å². The summed E-state index contributed by atoms with van der Waals surface area (Å²) in [5, 5.41) is 0. The Balaban J connectivity index is 2.25. The lowest BCUT2D eigenvalue weighted by molar-refractivity contribution is 0.189. The monoisotopic (exact) mass is 280 g/mol. The first-order valence-corrected chi connectivity index (χ1v) is 7.27. The summed E-state index contributed by atoms with van der Waals surface area (Å²) in [7, 11) is 0. The fraction of sp³-hybridized carbons (Fsp3) is 0.533. The molecular weight excluding hydrogens is 259 g/mol. The Hall–Kier alpha value is -1.00. The van der Waals surface area contributed by atoms with Gasteiger partial charge in [-0.25, -0.2) is 4.39 Å². The Kier molecular flexibility index (Phi) is 4.53. The van der Waals surface area contributed by atoms with Crippen LogP contribution in [0.2, 0.25) is 0 Å². The zero-order valence-corrected chi connectivity index (χ0v) is 12.3. The quantitative estimate of drug-likeness (QED) is 0.859. The van der Waals surface area contributed by atoms with Crippen LogP contribution in [0.15, 0.2) is 18.2 Å². The van der Waals surface area contributed by atoms with Gasteiger partial charge in [-0.1, -0.05) is 25.2 Å². The Morgan fingerprint density at radius 3 is 2.84 bits per heavy atom. The molecule has 0 radical (unpaired) electrons. The smallest absolute Gasteiger partial charge is 0.123 e. The van der Waals surface area contributed by atoms with E-state index in [1.54, 1.807) is 0 Å². The van der Waals surface area contributed by atoms with Gasteiger partial charge in [0.05, 0.1) is 0 Å². The third-order valence-electron chi connectivity index (χ3n) is 4.11. The van der Waals surface area contributed by atoms with Crippen LogP contribution in [0.25, 0.3) is 0 Å². The molecule has 2 unspecified atom stereocenters. The van der Waals surface area contributed by atoms with Crippen molar-refractivity contribution in [2.45, 2.75) is 51.7 Å². The van der Waals surface area contributed by atoms with Crippen molar-refractivity contribution in [3.05, 3.63) is 35.1 Å². The van der Waals surface area contributed by atoms with Crippen LogP contribution >= 0.6 is 12.2 Å². The third kappa shape index (κ3) is 3.12. The summed E-state index contributed by atoms with van der Waals surface area (Å²) in [4.78, 5) is 2.75. The first kappa shape index (κ1) is 14.4. The van der Waals surface area contributed by atoms with Crippen LogP contribution in [0.4, 0.5) is 4.39 Å². The normalized spacial score (nSPS) is 23.7. The average Bonchev–Trinajstić information content (AvgIpc) is 2.72. The van der Waals surface area contributed by atoms with Crippen LogP contribution in [0.1, 0.15) is 44.2 Å². The maximum absolute atomic E-state index is 13.3. The van der Waals surface area contributed by atoms with Gasteiger partial charge in [0.15, 0.2) is 0 Å². The molecule has 0 spiro atoms. The number of nitrogens with two attached hydrogens (primary N) is 1. The molecule has 1 aliphatic heterocycles. The van der Waals surface area contributed by atoms with Gasteiger partial charge in [-0.05, 0) is 43.9 Å². The molecule has 0 amide bonds. The molecule has 1 heterocycles. The molecule has 1 aromatic rings. The van der Waals surface area contributed by atoms with Gasteiger partial charge in [-0.15, -0.1) is 0 Å². The van der Waals surface area contributed by atoms with Crippen molar-refractivity contribution in [3.8, 4) is 0 Å². The van der Waals surface area contributed by atoms with Crippen LogP contribution in [-0.2, 0) is 6.54 Å². The number of hydrogen-bond acceptors (Lipinski definition) is 2. The second-order valence-corrected chi connectivity index (χ2v) is 5.77. The summed E-state index contributed by atoms with van der Waals surface area (Å²) in [6, 6.07) is 5.91. The zero-order valence-electron chi connectivity index (χ0n) is 11.5. The molecule has 19 heavy (non-hydrogen) atoms. The Morgan fingerprint density at radius 2 is 2.21 bits per heavy atom. The third-order valence-corrected chi connectivity index (χ3v) is 4.33. The minimum atomic E-state index is -0.284. The number of likely N-dealkylation sites (tertiary alicyclic amines) is 1. The van der Waals surface area contributed by atoms with Gasteiger partial charge >= 0.3 is 0 Å². The van der Waals surface area contributed by atoms with Crippen molar-refractivity contribution >= 4 is 17.2 Å². The second-order valence-electron chi connectivity index (χ2n) is 5.33. The molecule has 0 bridgehead atoms. The second kappa shape index (κ2) is 5.97. The number of hydrogen-bond donors (Lipinski definition) is 1. The molecule has 4 heteroatoms. The molecule has 0 saturated carbocycles. The van der Waals surface area contributed by atoms with Gasteiger partial charge in [-0.2, -0.15) is 0 Å². The number of benzene rings is 1. The van der Waals surface area contributed by atoms with Crippen molar-refractivity contribution in [1.29, 1.82) is 0 Å². The van der Waals surface area contributed by atoms with Crippen molar-refractivity contribution in [2.24, 2.45) is 5.73 Å². The number of halogens is 1. The molecule has 2 nitrogen and oxygen atoms in total. The Morgan fingerprint density at radius 1 is 1.47 bits per heavy atom. The van der Waals surface area contributed by atoms with Crippen molar-refractivity contribution in [3.63, 3.8) is 0 Å². The number of rotatable bonds is 4. The van der Waals surface area contributed by atoms with Gasteiger partial charge in [0.25, 0.3) is 0 Å². The lowest BCUT2D eigenvalue weighted by Crippen LogP contribution is -2.34. The highest BCUT2D eigenvalue weighted by Gasteiger charge is 2.29. The van der Waals surface area contributed by atoms with E-state index in [-0.39, 0.29) is 10.8 Å². The maximum Gasteiger partial charge on any atom is 0.123 e. The molecule has 1 aromatic carbocycles. The van der Waals surface area contributed by atoms with Gasteiger partial charge in [0, 0.05) is 24.2 Å². The summed E-state index contributed by atoms with van der Waals surface area (Å²) in [6.07, 6.45) is 3.61. The molecule has 1 aliphatic rings. The summed E-state index contributed by atoms with van der Waals surface area (Å²) >= 11 is 5.03. The zero-order chi connectivity index (χ0) is 14.0. The van der Waals surface area contributed by atoms with Crippen LogP contribution in [-0.4, -0.2) is 22.0 Å². The van der Waals surface area contributed by atoms with Crippen LogP contribution in [0.3, 0.4) is 0 Å². The standard InChI is InChI=1S/C15H21FN2S/c1-3-13-7-4-10(2)18(13)9-11-5-6-12(16)8-14(11)15(17)19/h5-6,8,10,13H,3-4,7,9H2,1-2H3,(H2,17,19). The van der Waals surface area contributed by atoms with E-state index in [9.17, 15) is 4.39 Å². The lowest BCUT2D eigenvalue weighted by atomic mass is 10.1. The highest BCUT2D eigenvalue weighted by Crippen LogP contribution is 2.28. The minimum Gasteiger partial charge on any atom is -0.389 e. The number of thiocarbonyl (C=S) groups is 1. The van der Waals surface area contributed by atoms with Crippen molar-refractivity contribution in [2.75, 3.05) is 0 Å². The fourth-order valence-electron chi connectivity index (χ4n) is 2.96. The van der Waals surface area contributed by atoms with Crippen LogP contribution in [0.5, 0.6) is 0 Å². The summed E-state index contributed by atoms with van der Waals surface area (Å²) < 4.78 is 13.3. The van der Waals surface area contributed by atoms with Crippen LogP contribution < -0.4 is 5.73 Å². The van der Waals surface area contributed by atoms with E-state index in [4.69, 9.17) is 18.0 Å². The van der Waals surface area contributed by atoms with E-state index in [1.807, 2.05) is 6.07 Å². The predicted octanol–water partition coefficient (Wildman–Crippen LogP) is 3.22. The predicted molar refractivity (Wildman–Crippen MR) is 80.6 cm³/mol. The highest BCUT2D eigenvalue weighted by atomic mass is 32.1. The summed E-state index contributed by atoms with van der Waals surface area (Å²) in [5.41, 5.74) is 7.40. The van der Waals surface area contributed by atoms with E-state index in [0.29, 0.717) is 17.6 Å². The fourth-order valence-corrected chi connectivity index (χ4v) is 3.15. The highest BCUT2D eigenvalue weighted by molar-refractivity contribution is 7.80. The van der Waals surface area contributed by atoms with Crippen LogP contribution in [0, 0.1) is 5.82 Å². The topological polar surface area (TPSA) is 29.3 Å². The maximum atomic E-state index is 13.3. The molecule has 0 aromatic heterocycles. The first-order chi connectivity index (χ1) is 9.02. The van der Waals surface area contributed by atoms with Gasteiger partial charge in [0.2, 0.25) is 0 Å². The molecule has 104 valence electrons. The van der Waals surface area contributed by atoms with E-state index < -0.39 is 0 Å². The SMILES string of the molecule is CCC1CCC(C)N1Cc1ccc(F)cc1C(N)=S.